The number of aromatic nitrogens is 3. The fraction of sp³-hybridized carbons (Fsp3) is 0.231. The van der Waals surface area contributed by atoms with Crippen molar-refractivity contribution in [2.24, 2.45) is 0 Å². The molecule has 0 saturated heterocycles. The van der Waals surface area contributed by atoms with Crippen LogP contribution in [-0.2, 0) is 6.54 Å². The molecule has 0 aliphatic heterocycles. The number of pyridine rings is 1. The lowest BCUT2D eigenvalue weighted by Gasteiger charge is -2.08. The molecule has 0 radical (unpaired) electrons. The first-order chi connectivity index (χ1) is 9.54. The minimum absolute atomic E-state index is 0.189. The molecule has 0 aliphatic carbocycles. The van der Waals surface area contributed by atoms with Gasteiger partial charge in [0.2, 0.25) is 0 Å². The molecule has 7 heteroatoms. The molecule has 1 atom stereocenters. The zero-order valence-electron chi connectivity index (χ0n) is 10.5. The van der Waals surface area contributed by atoms with Crippen molar-refractivity contribution in [2.45, 2.75) is 18.8 Å². The van der Waals surface area contributed by atoms with Gasteiger partial charge in [-0.25, -0.2) is 9.97 Å². The smallest absolute Gasteiger partial charge is 0.160 e. The summed E-state index contributed by atoms with van der Waals surface area (Å²) < 4.78 is 3.15. The monoisotopic (exact) mass is 389 g/mol. The zero-order chi connectivity index (χ0) is 14.3. The molecule has 0 spiro atoms. The fourth-order valence-corrected chi connectivity index (χ4v) is 3.85. The minimum Gasteiger partial charge on any atom is -0.306 e. The normalized spacial score (nSPS) is 13.0. The molecule has 1 unspecified atom stereocenters. The third-order valence-electron chi connectivity index (χ3n) is 2.88. The Labute approximate surface area is 138 Å². The van der Waals surface area contributed by atoms with Crippen LogP contribution in [0.3, 0.4) is 0 Å². The van der Waals surface area contributed by atoms with Gasteiger partial charge in [-0.15, -0.1) is 22.9 Å². The summed E-state index contributed by atoms with van der Waals surface area (Å²) in [6.45, 7) is 2.61. The van der Waals surface area contributed by atoms with Crippen LogP contribution in [0.5, 0.6) is 0 Å². The van der Waals surface area contributed by atoms with Crippen molar-refractivity contribution >= 4 is 61.6 Å². The number of hydrogen-bond acceptors (Lipinski definition) is 3. The fourth-order valence-electron chi connectivity index (χ4n) is 2.06. The lowest BCUT2D eigenvalue weighted by atomic mass is 10.4. The van der Waals surface area contributed by atoms with Gasteiger partial charge >= 0.3 is 0 Å². The maximum absolute atomic E-state index is 6.24. The SMILES string of the molecule is CC(Cl)c1nc2cc(Cl)cnc2n1Cc1ccc(Br)s1. The Balaban J connectivity index is 2.13. The third-order valence-corrected chi connectivity index (χ3v) is 4.89. The van der Waals surface area contributed by atoms with E-state index in [1.165, 1.54) is 4.88 Å². The van der Waals surface area contributed by atoms with Crippen molar-refractivity contribution in [1.29, 1.82) is 0 Å². The lowest BCUT2D eigenvalue weighted by molar-refractivity contribution is 0.744. The molecule has 3 nitrogen and oxygen atoms in total. The Hall–Kier alpha value is -0.620. The van der Waals surface area contributed by atoms with Crippen LogP contribution in [0.1, 0.15) is 23.0 Å². The predicted octanol–water partition coefficient (Wildman–Crippen LogP) is 5.26. The van der Waals surface area contributed by atoms with Gasteiger partial charge in [0.15, 0.2) is 5.65 Å². The molecule has 3 heterocycles. The van der Waals surface area contributed by atoms with Crippen molar-refractivity contribution in [3.8, 4) is 0 Å². The van der Waals surface area contributed by atoms with Gasteiger partial charge in [-0.05, 0) is 41.1 Å². The first-order valence-electron chi connectivity index (χ1n) is 5.94. The van der Waals surface area contributed by atoms with E-state index in [0.29, 0.717) is 11.6 Å². The number of hydrogen-bond donors (Lipinski definition) is 0. The van der Waals surface area contributed by atoms with Gasteiger partial charge in [-0.1, -0.05) is 11.6 Å². The first kappa shape index (κ1) is 14.3. The van der Waals surface area contributed by atoms with Gasteiger partial charge in [0.05, 0.1) is 20.7 Å². The molecular formula is C13H10BrCl2N3S. The number of halogens is 3. The molecule has 0 amide bonds. The van der Waals surface area contributed by atoms with E-state index in [2.05, 4.69) is 32.0 Å². The van der Waals surface area contributed by atoms with E-state index in [1.807, 2.05) is 23.6 Å². The van der Waals surface area contributed by atoms with Gasteiger partial charge in [0.1, 0.15) is 11.3 Å². The van der Waals surface area contributed by atoms with Gasteiger partial charge in [0.25, 0.3) is 0 Å². The summed E-state index contributed by atoms with van der Waals surface area (Å²) in [5.41, 5.74) is 1.58. The Bertz CT molecular complexity index is 766. The van der Waals surface area contributed by atoms with Crippen molar-refractivity contribution in [3.63, 3.8) is 0 Å². The molecule has 0 N–H and O–H groups in total. The molecule has 0 aliphatic rings. The van der Waals surface area contributed by atoms with E-state index < -0.39 is 0 Å². The molecule has 0 bridgehead atoms. The summed E-state index contributed by atoms with van der Waals surface area (Å²) in [7, 11) is 0. The van der Waals surface area contributed by atoms with E-state index >= 15 is 0 Å². The second kappa shape index (κ2) is 5.64. The van der Waals surface area contributed by atoms with E-state index in [-0.39, 0.29) is 5.38 Å². The summed E-state index contributed by atoms with van der Waals surface area (Å²) in [5.74, 6) is 0.806. The highest BCUT2D eigenvalue weighted by Crippen LogP contribution is 2.28. The summed E-state index contributed by atoms with van der Waals surface area (Å²) in [6.07, 6.45) is 1.63. The molecule has 104 valence electrons. The highest BCUT2D eigenvalue weighted by atomic mass is 79.9. The number of nitrogens with zero attached hydrogens (tertiary/aromatic N) is 3. The molecular weight excluding hydrogens is 381 g/mol. The third kappa shape index (κ3) is 2.72. The van der Waals surface area contributed by atoms with E-state index in [0.717, 1.165) is 20.8 Å². The molecule has 3 aromatic heterocycles. The Morgan fingerprint density at radius 1 is 1.45 bits per heavy atom. The molecule has 0 aromatic carbocycles. The molecule has 3 aromatic rings. The maximum atomic E-state index is 6.24. The predicted molar refractivity (Wildman–Crippen MR) is 87.9 cm³/mol. The van der Waals surface area contributed by atoms with Crippen LogP contribution in [-0.4, -0.2) is 14.5 Å². The van der Waals surface area contributed by atoms with E-state index in [4.69, 9.17) is 23.2 Å². The van der Waals surface area contributed by atoms with Crippen LogP contribution in [0.15, 0.2) is 28.2 Å². The van der Waals surface area contributed by atoms with Gasteiger partial charge in [-0.2, -0.15) is 0 Å². The summed E-state index contributed by atoms with van der Waals surface area (Å²) in [5, 5.41) is 0.390. The van der Waals surface area contributed by atoms with Crippen LogP contribution >= 0.6 is 50.5 Å². The van der Waals surface area contributed by atoms with Crippen molar-refractivity contribution in [2.75, 3.05) is 0 Å². The topological polar surface area (TPSA) is 30.7 Å². The number of fused-ring (bicyclic) bond motifs is 1. The number of thiophene rings is 1. The molecule has 3 rings (SSSR count). The summed E-state index contributed by atoms with van der Waals surface area (Å²) >= 11 is 17.4. The van der Waals surface area contributed by atoms with Gasteiger partial charge < -0.3 is 4.57 Å². The highest BCUT2D eigenvalue weighted by molar-refractivity contribution is 9.11. The number of rotatable bonds is 3. The Morgan fingerprint density at radius 3 is 2.90 bits per heavy atom. The van der Waals surface area contributed by atoms with Crippen molar-refractivity contribution in [1.82, 2.24) is 14.5 Å². The van der Waals surface area contributed by atoms with Crippen LogP contribution in [0.25, 0.3) is 11.2 Å². The van der Waals surface area contributed by atoms with Crippen LogP contribution in [0.2, 0.25) is 5.02 Å². The van der Waals surface area contributed by atoms with Gasteiger partial charge in [-0.3, -0.25) is 0 Å². The van der Waals surface area contributed by atoms with Crippen molar-refractivity contribution in [3.05, 3.63) is 43.9 Å². The number of alkyl halides is 1. The second-order valence-corrected chi connectivity index (χ2v) is 8.01. The zero-order valence-corrected chi connectivity index (χ0v) is 14.4. The van der Waals surface area contributed by atoms with Gasteiger partial charge in [0, 0.05) is 11.1 Å². The molecule has 0 saturated carbocycles. The summed E-state index contributed by atoms with van der Waals surface area (Å²) in [4.78, 5) is 10.2. The first-order valence-corrected chi connectivity index (χ1v) is 8.37. The molecule has 0 fully saturated rings. The average molecular weight is 391 g/mol. The van der Waals surface area contributed by atoms with Crippen LogP contribution in [0.4, 0.5) is 0 Å². The minimum atomic E-state index is -0.189. The largest absolute Gasteiger partial charge is 0.306 e. The van der Waals surface area contributed by atoms with E-state index in [1.54, 1.807) is 17.5 Å². The van der Waals surface area contributed by atoms with Crippen LogP contribution in [0, 0.1) is 0 Å². The highest BCUT2D eigenvalue weighted by Gasteiger charge is 2.17. The molecule has 20 heavy (non-hydrogen) atoms. The maximum Gasteiger partial charge on any atom is 0.160 e. The average Bonchev–Trinajstić information content (AvgIpc) is 2.94. The summed E-state index contributed by atoms with van der Waals surface area (Å²) in [6, 6.07) is 5.93. The Morgan fingerprint density at radius 2 is 2.25 bits per heavy atom. The standard InChI is InChI=1S/C13H10BrCl2N3S/c1-7(15)12-18-10-4-8(16)5-17-13(10)19(12)6-9-2-3-11(14)20-9/h2-5,7H,6H2,1H3. The Kier molecular flexibility index (Phi) is 4.04. The van der Waals surface area contributed by atoms with E-state index in [9.17, 15) is 0 Å². The quantitative estimate of drug-likeness (QED) is 0.571. The number of imidazole rings is 1. The van der Waals surface area contributed by atoms with Crippen molar-refractivity contribution < 1.29 is 0 Å². The second-order valence-electron chi connectivity index (χ2n) is 4.37. The van der Waals surface area contributed by atoms with Crippen LogP contribution < -0.4 is 0 Å². The lowest BCUT2D eigenvalue weighted by Crippen LogP contribution is -2.05.